The van der Waals surface area contributed by atoms with Gasteiger partial charge in [0.2, 0.25) is 5.78 Å². The summed E-state index contributed by atoms with van der Waals surface area (Å²) in [5.74, 6) is -1.32. The summed E-state index contributed by atoms with van der Waals surface area (Å²) in [7, 11) is 0. The third-order valence-corrected chi connectivity index (χ3v) is 5.60. The lowest BCUT2D eigenvalue weighted by molar-refractivity contribution is -0.164. The molecule has 0 heterocycles. The second kappa shape index (κ2) is 4.43. The zero-order chi connectivity index (χ0) is 14.4. The Bertz CT molecular complexity index is 437. The van der Waals surface area contributed by atoms with Crippen molar-refractivity contribution in [3.63, 3.8) is 0 Å². The number of ether oxygens (including phenoxy) is 1. The summed E-state index contributed by atoms with van der Waals surface area (Å²) in [6, 6.07) is 0. The van der Waals surface area contributed by atoms with E-state index in [4.69, 9.17) is 4.74 Å². The van der Waals surface area contributed by atoms with E-state index < -0.39 is 11.8 Å². The lowest BCUT2D eigenvalue weighted by Gasteiger charge is -2.38. The van der Waals surface area contributed by atoms with Crippen LogP contribution in [0.4, 0.5) is 0 Å². The van der Waals surface area contributed by atoms with E-state index in [0.717, 1.165) is 12.8 Å². The highest BCUT2D eigenvalue weighted by Gasteiger charge is 2.63. The van der Waals surface area contributed by atoms with Gasteiger partial charge in [-0.2, -0.15) is 0 Å². The van der Waals surface area contributed by atoms with E-state index in [-0.39, 0.29) is 29.1 Å². The first-order valence-electron chi connectivity index (χ1n) is 6.91. The van der Waals surface area contributed by atoms with Crippen molar-refractivity contribution in [3.05, 3.63) is 0 Å². The quantitative estimate of drug-likeness (QED) is 0.445. The highest BCUT2D eigenvalue weighted by molar-refractivity contribution is 6.37. The van der Waals surface area contributed by atoms with Crippen LogP contribution in [0.25, 0.3) is 0 Å². The molecule has 0 N–H and O–H groups in total. The summed E-state index contributed by atoms with van der Waals surface area (Å²) in [6.45, 7) is 7.88. The Hall–Kier alpha value is -1.19. The molecule has 0 saturated heterocycles. The lowest BCUT2D eigenvalue weighted by Crippen LogP contribution is -2.39. The predicted octanol–water partition coefficient (Wildman–Crippen LogP) is 2.29. The van der Waals surface area contributed by atoms with E-state index in [1.54, 1.807) is 0 Å². The average Bonchev–Trinajstić information content (AvgIpc) is 2.61. The standard InChI is InChI=1S/C15H22O4/c1-9(16)7-11(17)13(18)19-12-8-10-5-6-15(12,4)14(10,2)3/h10,12H,5-8H2,1-4H3. The molecule has 0 amide bonds. The van der Waals surface area contributed by atoms with Crippen LogP contribution in [0.15, 0.2) is 0 Å². The van der Waals surface area contributed by atoms with E-state index in [1.165, 1.54) is 13.3 Å². The van der Waals surface area contributed by atoms with Crippen LogP contribution < -0.4 is 0 Å². The third kappa shape index (κ3) is 2.11. The molecule has 3 atom stereocenters. The molecule has 19 heavy (non-hydrogen) atoms. The molecular weight excluding hydrogens is 244 g/mol. The summed E-state index contributed by atoms with van der Waals surface area (Å²) in [4.78, 5) is 34.1. The molecule has 2 saturated carbocycles. The first kappa shape index (κ1) is 14.2. The van der Waals surface area contributed by atoms with E-state index >= 15 is 0 Å². The molecule has 3 unspecified atom stereocenters. The largest absolute Gasteiger partial charge is 0.456 e. The van der Waals surface area contributed by atoms with Crippen LogP contribution in [0.2, 0.25) is 0 Å². The number of fused-ring (bicyclic) bond motifs is 2. The van der Waals surface area contributed by atoms with Crippen LogP contribution in [0, 0.1) is 16.7 Å². The molecule has 2 bridgehead atoms. The van der Waals surface area contributed by atoms with Crippen LogP contribution in [0.5, 0.6) is 0 Å². The van der Waals surface area contributed by atoms with Crippen molar-refractivity contribution in [3.8, 4) is 0 Å². The topological polar surface area (TPSA) is 60.4 Å². The summed E-state index contributed by atoms with van der Waals surface area (Å²) in [5.41, 5.74) is 0.0887. The summed E-state index contributed by atoms with van der Waals surface area (Å²) < 4.78 is 5.41. The molecular formula is C15H22O4. The Balaban J connectivity index is 2.04. The zero-order valence-electron chi connectivity index (χ0n) is 12.1. The van der Waals surface area contributed by atoms with Gasteiger partial charge < -0.3 is 4.74 Å². The van der Waals surface area contributed by atoms with Crippen molar-refractivity contribution in [1.29, 1.82) is 0 Å². The minimum atomic E-state index is -0.843. The molecule has 2 aliphatic carbocycles. The van der Waals surface area contributed by atoms with Crippen molar-refractivity contribution in [2.75, 3.05) is 0 Å². The van der Waals surface area contributed by atoms with Crippen LogP contribution >= 0.6 is 0 Å². The Labute approximate surface area is 113 Å². The Kier molecular flexibility index (Phi) is 3.31. The van der Waals surface area contributed by atoms with Crippen molar-refractivity contribution in [1.82, 2.24) is 0 Å². The van der Waals surface area contributed by atoms with Gasteiger partial charge in [0.05, 0.1) is 6.42 Å². The second-order valence-corrected chi connectivity index (χ2v) is 6.81. The fourth-order valence-electron chi connectivity index (χ4n) is 3.80. The number of rotatable bonds is 4. The molecule has 0 aromatic rings. The van der Waals surface area contributed by atoms with Gasteiger partial charge in [-0.25, -0.2) is 4.79 Å². The number of hydrogen-bond acceptors (Lipinski definition) is 4. The van der Waals surface area contributed by atoms with Crippen LogP contribution in [-0.2, 0) is 19.1 Å². The molecule has 0 aromatic heterocycles. The van der Waals surface area contributed by atoms with Gasteiger partial charge >= 0.3 is 5.97 Å². The molecule has 0 spiro atoms. The van der Waals surface area contributed by atoms with Gasteiger partial charge in [-0.05, 0) is 37.5 Å². The van der Waals surface area contributed by atoms with E-state index in [0.29, 0.717) is 5.92 Å². The van der Waals surface area contributed by atoms with Gasteiger partial charge in [0, 0.05) is 5.41 Å². The number of Topliss-reactive ketones (excluding diaryl/α,β-unsaturated/α-hetero) is 2. The highest BCUT2D eigenvalue weighted by atomic mass is 16.5. The van der Waals surface area contributed by atoms with E-state index in [9.17, 15) is 14.4 Å². The third-order valence-electron chi connectivity index (χ3n) is 5.60. The van der Waals surface area contributed by atoms with Gasteiger partial charge in [-0.1, -0.05) is 20.8 Å². The van der Waals surface area contributed by atoms with Gasteiger partial charge in [-0.3, -0.25) is 9.59 Å². The number of carbonyl (C=O) groups excluding carboxylic acids is 3. The number of ketones is 2. The molecule has 106 valence electrons. The predicted molar refractivity (Wildman–Crippen MR) is 69.4 cm³/mol. The molecule has 2 aliphatic rings. The monoisotopic (exact) mass is 266 g/mol. The second-order valence-electron chi connectivity index (χ2n) is 6.81. The van der Waals surface area contributed by atoms with Crippen LogP contribution in [0.3, 0.4) is 0 Å². The number of carbonyl (C=O) groups is 3. The van der Waals surface area contributed by atoms with Crippen LogP contribution in [-0.4, -0.2) is 23.6 Å². The fourth-order valence-corrected chi connectivity index (χ4v) is 3.80. The molecule has 2 rings (SSSR count). The number of hydrogen-bond donors (Lipinski definition) is 0. The average molecular weight is 266 g/mol. The van der Waals surface area contributed by atoms with Gasteiger partial charge in [0.25, 0.3) is 0 Å². The molecule has 0 radical (unpaired) electrons. The molecule has 0 aromatic carbocycles. The van der Waals surface area contributed by atoms with Gasteiger partial charge in [0.15, 0.2) is 0 Å². The van der Waals surface area contributed by atoms with E-state index in [2.05, 4.69) is 20.8 Å². The Morgan fingerprint density at radius 3 is 2.26 bits per heavy atom. The summed E-state index contributed by atoms with van der Waals surface area (Å²) >= 11 is 0. The lowest BCUT2D eigenvalue weighted by atomic mass is 9.70. The maximum atomic E-state index is 11.7. The van der Waals surface area contributed by atoms with Crippen LogP contribution in [0.1, 0.15) is 53.4 Å². The summed E-state index contributed by atoms with van der Waals surface area (Å²) in [5, 5.41) is 0. The maximum absolute atomic E-state index is 11.7. The molecule has 4 nitrogen and oxygen atoms in total. The molecule has 2 fully saturated rings. The fraction of sp³-hybridized carbons (Fsp3) is 0.800. The molecule has 0 aliphatic heterocycles. The van der Waals surface area contributed by atoms with Crippen molar-refractivity contribution < 1.29 is 19.1 Å². The minimum Gasteiger partial charge on any atom is -0.456 e. The van der Waals surface area contributed by atoms with Gasteiger partial charge in [-0.15, -0.1) is 0 Å². The highest BCUT2D eigenvalue weighted by Crippen LogP contribution is 2.66. The van der Waals surface area contributed by atoms with Gasteiger partial charge in [0.1, 0.15) is 11.9 Å². The smallest absolute Gasteiger partial charge is 0.375 e. The number of esters is 1. The first-order valence-corrected chi connectivity index (χ1v) is 6.91. The first-order chi connectivity index (χ1) is 8.68. The molecule has 4 heteroatoms. The Morgan fingerprint density at radius 2 is 1.84 bits per heavy atom. The minimum absolute atomic E-state index is 0.0518. The zero-order valence-corrected chi connectivity index (χ0v) is 12.1. The van der Waals surface area contributed by atoms with Crippen molar-refractivity contribution in [2.45, 2.75) is 59.5 Å². The van der Waals surface area contributed by atoms with E-state index in [1.807, 2.05) is 0 Å². The summed E-state index contributed by atoms with van der Waals surface area (Å²) in [6.07, 6.45) is 2.49. The Morgan fingerprint density at radius 1 is 1.21 bits per heavy atom. The van der Waals surface area contributed by atoms with Crippen molar-refractivity contribution >= 4 is 17.5 Å². The van der Waals surface area contributed by atoms with Crippen molar-refractivity contribution in [2.24, 2.45) is 16.7 Å². The SMILES string of the molecule is CC(=O)CC(=O)C(=O)OC1CC2CCC1(C)C2(C)C. The normalized spacial score (nSPS) is 35.2. The maximum Gasteiger partial charge on any atom is 0.375 e.